The number of hydrogen-bond acceptors (Lipinski definition) is 7. The number of pyridine rings is 1. The lowest BCUT2D eigenvalue weighted by Crippen LogP contribution is -2.37. The van der Waals surface area contributed by atoms with E-state index in [1.807, 2.05) is 36.4 Å². The van der Waals surface area contributed by atoms with Crippen molar-refractivity contribution in [3.63, 3.8) is 0 Å². The molecule has 3 aromatic rings. The van der Waals surface area contributed by atoms with Gasteiger partial charge in [0.25, 0.3) is 0 Å². The highest BCUT2D eigenvalue weighted by molar-refractivity contribution is 5.95. The van der Waals surface area contributed by atoms with Crippen molar-refractivity contribution in [1.82, 2.24) is 4.98 Å². The number of aryl methyl sites for hydroxylation is 1. The van der Waals surface area contributed by atoms with Crippen molar-refractivity contribution in [2.75, 3.05) is 37.8 Å². The molecular formula is C37H40FN3O5. The second kappa shape index (κ2) is 12.1. The smallest absolute Gasteiger partial charge is 0.335 e. The summed E-state index contributed by atoms with van der Waals surface area (Å²) in [4.78, 5) is 24.0. The summed E-state index contributed by atoms with van der Waals surface area (Å²) in [5.74, 6) is 1.33. The number of rotatable bonds is 9. The molecule has 3 atom stereocenters. The van der Waals surface area contributed by atoms with E-state index in [4.69, 9.17) is 24.2 Å². The number of carbonyl (C=O) groups is 1. The number of aliphatic imine (C=N–C) groups is 1. The zero-order chi connectivity index (χ0) is 31.3. The fraction of sp³-hybridized carbons (Fsp3) is 0.486. The summed E-state index contributed by atoms with van der Waals surface area (Å²) in [7, 11) is 0. The van der Waals surface area contributed by atoms with E-state index in [0.717, 1.165) is 87.3 Å². The molecule has 3 saturated heterocycles. The number of piperidine rings is 1. The first-order chi connectivity index (χ1) is 22.4. The van der Waals surface area contributed by atoms with E-state index in [1.165, 1.54) is 5.71 Å². The molecule has 8 rings (SSSR count). The molecule has 9 heteroatoms. The molecule has 0 radical (unpaired) electrons. The molecule has 1 spiro atoms. The van der Waals surface area contributed by atoms with Crippen molar-refractivity contribution >= 4 is 23.2 Å². The Hall–Kier alpha value is -3.82. The molecule has 240 valence electrons. The number of ether oxygens (including phenoxy) is 3. The average molecular weight is 626 g/mol. The minimum atomic E-state index is -0.894. The van der Waals surface area contributed by atoms with E-state index in [0.29, 0.717) is 48.2 Å². The molecule has 8 nitrogen and oxygen atoms in total. The maximum absolute atomic E-state index is 14.8. The highest BCUT2D eigenvalue weighted by Gasteiger charge is 2.58. The number of nitrogens with zero attached hydrogens (tertiary/aromatic N) is 3. The van der Waals surface area contributed by atoms with Crippen LogP contribution >= 0.6 is 0 Å². The van der Waals surface area contributed by atoms with Gasteiger partial charge in [0.05, 0.1) is 30.6 Å². The molecule has 2 aromatic carbocycles. The van der Waals surface area contributed by atoms with E-state index >= 15 is 0 Å². The van der Waals surface area contributed by atoms with Gasteiger partial charge in [0.15, 0.2) is 0 Å². The Morgan fingerprint density at radius 2 is 1.93 bits per heavy atom. The van der Waals surface area contributed by atoms with Crippen LogP contribution in [0.4, 0.5) is 15.9 Å². The van der Waals surface area contributed by atoms with Crippen LogP contribution in [-0.2, 0) is 22.5 Å². The summed E-state index contributed by atoms with van der Waals surface area (Å²) >= 11 is 0. The molecule has 5 aliphatic rings. The number of carboxylic acid groups (broad SMARTS) is 1. The summed E-state index contributed by atoms with van der Waals surface area (Å²) in [6.45, 7) is 4.11. The van der Waals surface area contributed by atoms with Crippen LogP contribution in [-0.4, -0.2) is 60.8 Å². The zero-order valence-electron chi connectivity index (χ0n) is 26.0. The van der Waals surface area contributed by atoms with Crippen LogP contribution in [0.25, 0.3) is 0 Å². The first kappa shape index (κ1) is 29.6. The van der Waals surface area contributed by atoms with Gasteiger partial charge in [0, 0.05) is 54.8 Å². The first-order valence-corrected chi connectivity index (χ1v) is 16.7. The van der Waals surface area contributed by atoms with Crippen molar-refractivity contribution in [1.29, 1.82) is 0 Å². The largest absolute Gasteiger partial charge is 0.478 e. The summed E-state index contributed by atoms with van der Waals surface area (Å²) < 4.78 is 31.8. The number of fused-ring (bicyclic) bond motifs is 1. The van der Waals surface area contributed by atoms with Gasteiger partial charge in [0.2, 0.25) is 5.88 Å². The van der Waals surface area contributed by atoms with Gasteiger partial charge in [0.1, 0.15) is 18.2 Å². The van der Waals surface area contributed by atoms with E-state index in [9.17, 15) is 14.3 Å². The van der Waals surface area contributed by atoms with Crippen molar-refractivity contribution in [2.24, 2.45) is 22.2 Å². The SMILES string of the molecule is O=C(O)c1ccc2c(c1)CCC(C[C@@H]1CCO1)C(C1CC13CCN(c1cccc(OCc4ccc(C5COC5)cc4F)n1)CC3)=N2. The molecule has 46 heavy (non-hydrogen) atoms. The van der Waals surface area contributed by atoms with Crippen LogP contribution in [0.5, 0.6) is 5.88 Å². The maximum atomic E-state index is 14.8. The fourth-order valence-electron chi connectivity index (χ4n) is 7.80. The minimum Gasteiger partial charge on any atom is -0.478 e. The van der Waals surface area contributed by atoms with Crippen LogP contribution in [0, 0.1) is 23.1 Å². The van der Waals surface area contributed by atoms with Crippen LogP contribution in [0.1, 0.15) is 71.5 Å². The molecule has 1 aromatic heterocycles. The van der Waals surface area contributed by atoms with Gasteiger partial charge in [-0.25, -0.2) is 9.18 Å². The number of halogens is 1. The Balaban J connectivity index is 0.928. The van der Waals surface area contributed by atoms with Crippen molar-refractivity contribution in [3.05, 3.63) is 82.7 Å². The minimum absolute atomic E-state index is 0.129. The van der Waals surface area contributed by atoms with Gasteiger partial charge >= 0.3 is 5.97 Å². The van der Waals surface area contributed by atoms with Crippen LogP contribution in [0.15, 0.2) is 59.6 Å². The van der Waals surface area contributed by atoms with Gasteiger partial charge in [-0.3, -0.25) is 4.99 Å². The molecular weight excluding hydrogens is 585 g/mol. The Kier molecular flexibility index (Phi) is 7.77. The second-order valence-electron chi connectivity index (χ2n) is 13.8. The predicted octanol–water partition coefficient (Wildman–Crippen LogP) is 6.73. The molecule has 0 amide bonds. The Morgan fingerprint density at radius 1 is 1.09 bits per heavy atom. The number of benzene rings is 2. The first-order valence-electron chi connectivity index (χ1n) is 16.7. The average Bonchev–Trinajstić information content (AvgIpc) is 3.74. The summed E-state index contributed by atoms with van der Waals surface area (Å²) in [5, 5.41) is 9.53. The number of anilines is 1. The van der Waals surface area contributed by atoms with Gasteiger partial charge < -0.3 is 24.2 Å². The van der Waals surface area contributed by atoms with Gasteiger partial charge in [-0.1, -0.05) is 18.2 Å². The Bertz CT molecular complexity index is 1660. The molecule has 4 aliphatic heterocycles. The molecule has 4 fully saturated rings. The number of carboxylic acids is 1. The monoisotopic (exact) mass is 625 g/mol. The lowest BCUT2D eigenvalue weighted by atomic mass is 9.82. The lowest BCUT2D eigenvalue weighted by molar-refractivity contribution is -0.0593. The van der Waals surface area contributed by atoms with Gasteiger partial charge in [-0.05, 0) is 91.8 Å². The van der Waals surface area contributed by atoms with Gasteiger partial charge in [-0.2, -0.15) is 4.98 Å². The standard InChI is InChI=1S/C37H40FN3O5/c38-31-18-23(28-20-44-21-28)4-7-27(31)22-46-34-3-1-2-33(40-34)41-13-11-37(12-14-41)19-30(37)35-25(17-29-10-15-45-29)6-5-24-16-26(36(42)43)8-9-32(24)39-35/h1-4,7-9,16,18,25,28-30H,5-6,10-15,17,19-22H2,(H,42,43)/t25?,29-,30?/m0/s1. The molecule has 2 unspecified atom stereocenters. The zero-order valence-corrected chi connectivity index (χ0v) is 26.0. The quantitative estimate of drug-likeness (QED) is 0.282. The van der Waals surface area contributed by atoms with Crippen LogP contribution in [0.2, 0.25) is 0 Å². The summed E-state index contributed by atoms with van der Waals surface area (Å²) in [6, 6.07) is 16.6. The Morgan fingerprint density at radius 3 is 2.65 bits per heavy atom. The van der Waals surface area contributed by atoms with Crippen molar-refractivity contribution in [2.45, 2.75) is 63.6 Å². The third-order valence-electron chi connectivity index (χ3n) is 11.0. The van der Waals surface area contributed by atoms with Crippen LogP contribution < -0.4 is 9.64 Å². The highest BCUT2D eigenvalue weighted by atomic mass is 19.1. The lowest BCUT2D eigenvalue weighted by Gasteiger charge is -2.35. The molecule has 5 heterocycles. The fourth-order valence-corrected chi connectivity index (χ4v) is 7.80. The number of aromatic carboxylic acids is 1. The van der Waals surface area contributed by atoms with E-state index < -0.39 is 5.97 Å². The molecule has 1 aliphatic carbocycles. The van der Waals surface area contributed by atoms with E-state index in [1.54, 1.807) is 18.2 Å². The number of aromatic nitrogens is 1. The molecule has 0 bridgehead atoms. The predicted molar refractivity (Wildman–Crippen MR) is 172 cm³/mol. The topological polar surface area (TPSA) is 93.5 Å². The van der Waals surface area contributed by atoms with Crippen molar-refractivity contribution < 1.29 is 28.5 Å². The highest BCUT2D eigenvalue weighted by Crippen LogP contribution is 2.62. The van der Waals surface area contributed by atoms with Crippen molar-refractivity contribution in [3.8, 4) is 5.88 Å². The van der Waals surface area contributed by atoms with Gasteiger partial charge in [-0.15, -0.1) is 0 Å². The summed E-state index contributed by atoms with van der Waals surface area (Å²) in [5.41, 5.74) is 5.35. The van der Waals surface area contributed by atoms with E-state index in [-0.39, 0.29) is 23.8 Å². The van der Waals surface area contributed by atoms with Crippen LogP contribution in [0.3, 0.4) is 0 Å². The normalized spacial score (nSPS) is 25.1. The second-order valence-corrected chi connectivity index (χ2v) is 13.8. The summed E-state index contributed by atoms with van der Waals surface area (Å²) in [6.07, 6.45) is 7.53. The van der Waals surface area contributed by atoms with E-state index in [2.05, 4.69) is 4.90 Å². The maximum Gasteiger partial charge on any atom is 0.335 e. The Labute approximate surface area is 268 Å². The molecule has 1 N–H and O–H groups in total. The third-order valence-corrected chi connectivity index (χ3v) is 11.0. The third kappa shape index (κ3) is 5.79. The molecule has 1 saturated carbocycles. The number of hydrogen-bond donors (Lipinski definition) is 1.